The summed E-state index contributed by atoms with van der Waals surface area (Å²) in [5.41, 5.74) is -0.471. The molecule has 1 fully saturated rings. The molecule has 0 N–H and O–H groups in total. The van der Waals surface area contributed by atoms with Gasteiger partial charge in [0.2, 0.25) is 0 Å². The van der Waals surface area contributed by atoms with Gasteiger partial charge in [-0.3, -0.25) is 14.4 Å². The fourth-order valence-electron chi connectivity index (χ4n) is 2.05. The summed E-state index contributed by atoms with van der Waals surface area (Å²) in [6.07, 6.45) is 0.387. The Balaban J connectivity index is 0.00000576. The zero-order valence-corrected chi connectivity index (χ0v) is 17.0. The first kappa shape index (κ1) is 24.6. The van der Waals surface area contributed by atoms with Gasteiger partial charge in [0, 0.05) is 49.8 Å². The summed E-state index contributed by atoms with van der Waals surface area (Å²) < 4.78 is 21.3. The van der Waals surface area contributed by atoms with Crippen LogP contribution in [-0.2, 0) is 50.1 Å². The summed E-state index contributed by atoms with van der Waals surface area (Å²) in [4.78, 5) is 33.6. The van der Waals surface area contributed by atoms with Crippen molar-refractivity contribution in [3.05, 3.63) is 6.42 Å². The van der Waals surface area contributed by atoms with Gasteiger partial charge in [-0.1, -0.05) is 0 Å². The predicted molar refractivity (Wildman–Crippen MR) is 91.6 cm³/mol. The van der Waals surface area contributed by atoms with Crippen LogP contribution in [0.1, 0.15) is 27.2 Å². The van der Waals surface area contributed by atoms with Crippen molar-refractivity contribution in [1.29, 1.82) is 0 Å². The Labute approximate surface area is 167 Å². The molecular formula is C15H23CoO7S2-. The number of hydrogen-bond donors (Lipinski definition) is 1. The van der Waals surface area contributed by atoms with Crippen LogP contribution in [0, 0.1) is 6.42 Å². The number of esters is 3. The summed E-state index contributed by atoms with van der Waals surface area (Å²) in [6, 6.07) is 0. The first-order valence-corrected chi connectivity index (χ1v) is 9.22. The largest absolute Gasteiger partial charge is 0.493 e. The molecule has 0 aromatic carbocycles. The topological polar surface area (TPSA) is 88.1 Å². The van der Waals surface area contributed by atoms with E-state index >= 15 is 0 Å². The molecule has 0 spiro atoms. The minimum absolute atomic E-state index is 0. The maximum absolute atomic E-state index is 11.3. The van der Waals surface area contributed by atoms with E-state index in [0.29, 0.717) is 0 Å². The maximum Gasteiger partial charge on any atom is 0.302 e. The van der Waals surface area contributed by atoms with Gasteiger partial charge in [-0.15, -0.1) is 11.8 Å². The number of carbonyl (C=O) groups is 3. The van der Waals surface area contributed by atoms with Crippen molar-refractivity contribution in [2.45, 2.75) is 50.9 Å². The predicted octanol–water partition coefficient (Wildman–Crippen LogP) is 1.39. The second-order valence-electron chi connectivity index (χ2n) is 5.13. The number of hydrogen-bond acceptors (Lipinski definition) is 9. The number of thiol groups is 1. The summed E-state index contributed by atoms with van der Waals surface area (Å²) in [7, 11) is 0. The van der Waals surface area contributed by atoms with Gasteiger partial charge >= 0.3 is 5.97 Å². The van der Waals surface area contributed by atoms with E-state index in [-0.39, 0.29) is 23.4 Å². The molecule has 0 aromatic heterocycles. The van der Waals surface area contributed by atoms with Crippen molar-refractivity contribution in [1.82, 2.24) is 0 Å². The van der Waals surface area contributed by atoms with Crippen LogP contribution < -0.4 is 0 Å². The van der Waals surface area contributed by atoms with Crippen molar-refractivity contribution in [2.24, 2.45) is 0 Å². The van der Waals surface area contributed by atoms with E-state index in [1.807, 2.05) is 0 Å². The molecule has 1 aliphatic rings. The van der Waals surface area contributed by atoms with Crippen molar-refractivity contribution >= 4 is 42.3 Å². The van der Waals surface area contributed by atoms with E-state index in [1.54, 1.807) is 6.42 Å². The summed E-state index contributed by atoms with van der Waals surface area (Å²) in [5, 5.41) is 0. The zero-order chi connectivity index (χ0) is 18.1. The Hall–Kier alpha value is -0.424. The monoisotopic (exact) mass is 438 g/mol. The Morgan fingerprint density at radius 1 is 1.08 bits per heavy atom. The van der Waals surface area contributed by atoms with Gasteiger partial charge in [-0.05, 0) is 17.9 Å². The van der Waals surface area contributed by atoms with E-state index in [9.17, 15) is 14.4 Å². The second kappa shape index (κ2) is 12.9. The van der Waals surface area contributed by atoms with Gasteiger partial charge < -0.3 is 18.9 Å². The molecule has 1 rings (SSSR count). The van der Waals surface area contributed by atoms with E-state index in [4.69, 9.17) is 18.9 Å². The minimum Gasteiger partial charge on any atom is -0.493 e. The van der Waals surface area contributed by atoms with Crippen LogP contribution in [0.15, 0.2) is 0 Å². The fraction of sp³-hybridized carbons (Fsp3) is 0.733. The normalized spacial score (nSPS) is 25.4. The van der Waals surface area contributed by atoms with Crippen molar-refractivity contribution in [2.75, 3.05) is 18.1 Å². The van der Waals surface area contributed by atoms with Gasteiger partial charge in [-0.25, -0.2) is 6.42 Å². The molecule has 7 nitrogen and oxygen atoms in total. The average Bonchev–Trinajstić information content (AvgIpc) is 2.46. The van der Waals surface area contributed by atoms with Crippen LogP contribution in [0.5, 0.6) is 0 Å². The first-order valence-electron chi connectivity index (χ1n) is 7.54. The van der Waals surface area contributed by atoms with Gasteiger partial charge in [-0.2, -0.15) is 12.6 Å². The van der Waals surface area contributed by atoms with Crippen molar-refractivity contribution < 1.29 is 50.1 Å². The molecule has 0 aromatic rings. The van der Waals surface area contributed by atoms with Crippen LogP contribution in [0.3, 0.4) is 0 Å². The molecule has 4 unspecified atom stereocenters. The van der Waals surface area contributed by atoms with Crippen LogP contribution in [0.4, 0.5) is 0 Å². The van der Waals surface area contributed by atoms with Crippen LogP contribution >= 0.6 is 24.4 Å². The van der Waals surface area contributed by atoms with E-state index in [2.05, 4.69) is 12.6 Å². The van der Waals surface area contributed by atoms with Gasteiger partial charge in [0.1, 0.15) is 18.1 Å². The maximum atomic E-state index is 11.3. The molecule has 0 bridgehead atoms. The van der Waals surface area contributed by atoms with E-state index in [0.717, 1.165) is 17.9 Å². The third-order valence-electron chi connectivity index (χ3n) is 2.96. The summed E-state index contributed by atoms with van der Waals surface area (Å²) >= 11 is 5.63. The number of rotatable bonds is 8. The molecule has 0 aliphatic carbocycles. The number of carbonyl (C=O) groups excluding carboxylic acids is 3. The van der Waals surface area contributed by atoms with Gasteiger partial charge in [0.25, 0.3) is 11.9 Å². The molecule has 1 saturated heterocycles. The van der Waals surface area contributed by atoms with Crippen molar-refractivity contribution in [3.63, 3.8) is 0 Å². The van der Waals surface area contributed by atoms with Crippen LogP contribution in [0.25, 0.3) is 0 Å². The Kier molecular flexibility index (Phi) is 12.6. The van der Waals surface area contributed by atoms with Crippen molar-refractivity contribution in [3.8, 4) is 0 Å². The third kappa shape index (κ3) is 9.74. The molecule has 1 aliphatic heterocycles. The third-order valence-corrected chi connectivity index (χ3v) is 4.51. The minimum atomic E-state index is -0.770. The number of thioether (sulfide) groups is 1. The first-order chi connectivity index (χ1) is 11.3. The van der Waals surface area contributed by atoms with Gasteiger partial charge in [0.15, 0.2) is 0 Å². The van der Waals surface area contributed by atoms with E-state index in [1.165, 1.54) is 32.5 Å². The second-order valence-corrected chi connectivity index (χ2v) is 6.79. The molecular weight excluding hydrogens is 415 g/mol. The standard InChI is InChI=1S/C15H23O7S2.Co/c1-9(16)19-8-14-12(20-10(2)17)7-13(21-11(3)18)15(22-14)24-6-4-5-23;/h7,12-15,23H,4-6,8H2,1-3H3;/q-1;. The zero-order valence-electron chi connectivity index (χ0n) is 14.3. The molecule has 0 amide bonds. The number of ether oxygens (including phenoxy) is 4. The smallest absolute Gasteiger partial charge is 0.302 e. The Morgan fingerprint density at radius 2 is 1.68 bits per heavy atom. The fourth-order valence-corrected chi connectivity index (χ4v) is 3.53. The van der Waals surface area contributed by atoms with Crippen LogP contribution in [0.2, 0.25) is 0 Å². The van der Waals surface area contributed by atoms with Gasteiger partial charge in [0.05, 0.1) is 0 Å². The molecule has 147 valence electrons. The summed E-state index contributed by atoms with van der Waals surface area (Å²) in [5.74, 6) is 0.0732. The summed E-state index contributed by atoms with van der Waals surface area (Å²) in [6.45, 7) is 3.80. The van der Waals surface area contributed by atoms with E-state index < -0.39 is 41.7 Å². The molecule has 10 heteroatoms. The average molecular weight is 438 g/mol. The Morgan fingerprint density at radius 3 is 2.20 bits per heavy atom. The molecule has 25 heavy (non-hydrogen) atoms. The SMILES string of the molecule is CC(=O)OCC1OC(SCCCS)C(OC(C)=O)[CH-]C1OC(C)=O.[Co]. The van der Waals surface area contributed by atoms with Crippen LogP contribution in [-0.4, -0.2) is 59.8 Å². The Bertz CT molecular complexity index is 450. The quantitative estimate of drug-likeness (QED) is 0.200. The molecule has 1 radical (unpaired) electrons. The molecule has 0 saturated carbocycles. The molecule has 1 heterocycles. The molecule has 4 atom stereocenters.